The molecule has 0 fully saturated rings. The van der Waals surface area contributed by atoms with E-state index >= 15 is 0 Å². The number of furan rings is 1. The fraction of sp³-hybridized carbons (Fsp3) is 0.0526. The zero-order valence-corrected chi connectivity index (χ0v) is 14.4. The highest BCUT2D eigenvalue weighted by Crippen LogP contribution is 2.17. The van der Waals surface area contributed by atoms with Crippen LogP contribution in [0.1, 0.15) is 21.7 Å². The molecule has 0 saturated heterocycles. The van der Waals surface area contributed by atoms with Crippen molar-refractivity contribution in [2.24, 2.45) is 5.10 Å². The summed E-state index contributed by atoms with van der Waals surface area (Å²) in [7, 11) is 0. The molecular formula is C19H14FN3O5. The summed E-state index contributed by atoms with van der Waals surface area (Å²) in [6.07, 6.45) is 1.26. The van der Waals surface area contributed by atoms with Crippen LogP contribution in [0.5, 0.6) is 5.95 Å². The second-order valence-electron chi connectivity index (χ2n) is 5.58. The minimum atomic E-state index is -0.598. The molecule has 8 nitrogen and oxygen atoms in total. The molecule has 1 N–H and O–H groups in total. The first kappa shape index (κ1) is 18.8. The molecule has 9 heteroatoms. The highest BCUT2D eigenvalue weighted by atomic mass is 19.1. The molecule has 0 unspecified atom stereocenters. The summed E-state index contributed by atoms with van der Waals surface area (Å²) in [6.45, 7) is 0.202. The van der Waals surface area contributed by atoms with Crippen molar-refractivity contribution in [1.29, 1.82) is 0 Å². The van der Waals surface area contributed by atoms with Crippen LogP contribution in [0.3, 0.4) is 0 Å². The van der Waals surface area contributed by atoms with Crippen LogP contribution in [0.4, 0.5) is 10.1 Å². The van der Waals surface area contributed by atoms with Gasteiger partial charge in [0.2, 0.25) is 0 Å². The first-order valence-electron chi connectivity index (χ1n) is 8.06. The molecule has 1 amide bonds. The summed E-state index contributed by atoms with van der Waals surface area (Å²) in [5, 5.41) is 14.5. The second kappa shape index (κ2) is 8.58. The number of hydrogen-bond acceptors (Lipinski definition) is 6. The number of ether oxygens (including phenoxy) is 1. The van der Waals surface area contributed by atoms with E-state index in [1.807, 2.05) is 0 Å². The Bertz CT molecular complexity index is 1010. The van der Waals surface area contributed by atoms with Crippen LogP contribution in [0.25, 0.3) is 0 Å². The smallest absolute Gasteiger partial charge is 0.285 e. The van der Waals surface area contributed by atoms with Crippen molar-refractivity contribution in [2.75, 3.05) is 0 Å². The molecule has 28 heavy (non-hydrogen) atoms. The Labute approximate surface area is 158 Å². The maximum Gasteiger partial charge on any atom is 0.285 e. The quantitative estimate of drug-likeness (QED) is 0.381. The summed E-state index contributed by atoms with van der Waals surface area (Å²) < 4.78 is 23.7. The molecule has 0 spiro atoms. The van der Waals surface area contributed by atoms with Crippen molar-refractivity contribution >= 4 is 17.8 Å². The van der Waals surface area contributed by atoms with Crippen LogP contribution in [-0.2, 0) is 6.61 Å². The Morgan fingerprint density at radius 3 is 2.75 bits per heavy atom. The third-order valence-corrected chi connectivity index (χ3v) is 3.57. The number of amides is 1. The molecule has 3 rings (SSSR count). The Balaban J connectivity index is 1.53. The minimum absolute atomic E-state index is 0.106. The van der Waals surface area contributed by atoms with Crippen molar-refractivity contribution in [2.45, 2.75) is 6.61 Å². The van der Waals surface area contributed by atoms with E-state index in [0.717, 1.165) is 11.6 Å². The van der Waals surface area contributed by atoms with Gasteiger partial charge in [-0.2, -0.15) is 5.10 Å². The first-order chi connectivity index (χ1) is 13.5. The van der Waals surface area contributed by atoms with Crippen LogP contribution in [0, 0.1) is 15.9 Å². The molecule has 3 aromatic rings. The number of non-ortho nitro benzene ring substituents is 1. The fourth-order valence-corrected chi connectivity index (χ4v) is 2.20. The summed E-state index contributed by atoms with van der Waals surface area (Å²) in [5.74, 6) is -0.365. The van der Waals surface area contributed by atoms with E-state index < -0.39 is 10.8 Å². The highest BCUT2D eigenvalue weighted by molar-refractivity contribution is 5.95. The molecule has 142 valence electrons. The van der Waals surface area contributed by atoms with Crippen LogP contribution in [0.15, 0.2) is 70.2 Å². The average molecular weight is 383 g/mol. The van der Waals surface area contributed by atoms with E-state index in [1.54, 1.807) is 24.3 Å². The molecular weight excluding hydrogens is 369 g/mol. The van der Waals surface area contributed by atoms with Gasteiger partial charge in [0.05, 0.1) is 11.1 Å². The van der Waals surface area contributed by atoms with Gasteiger partial charge in [0.1, 0.15) is 12.4 Å². The van der Waals surface area contributed by atoms with E-state index in [9.17, 15) is 19.3 Å². The molecule has 0 bridgehead atoms. The largest absolute Gasteiger partial charge is 0.460 e. The number of nitrogens with zero attached hydrogens (tertiary/aromatic N) is 2. The molecule has 0 aliphatic rings. The fourth-order valence-electron chi connectivity index (χ4n) is 2.20. The first-order valence-corrected chi connectivity index (χ1v) is 8.06. The van der Waals surface area contributed by atoms with E-state index in [2.05, 4.69) is 10.5 Å². The minimum Gasteiger partial charge on any atom is -0.460 e. The van der Waals surface area contributed by atoms with Gasteiger partial charge in [0.25, 0.3) is 17.5 Å². The lowest BCUT2D eigenvalue weighted by Gasteiger charge is -2.02. The standard InChI is InChI=1S/C19H14FN3O5/c20-15-6-4-13(5-7-15)12-27-18-9-8-17(28-18)11-21-22-19(24)14-2-1-3-16(10-14)23(25)26/h1-11H,12H2,(H,22,24)/b21-11-. The normalized spacial score (nSPS) is 10.8. The van der Waals surface area contributed by atoms with Crippen molar-refractivity contribution < 1.29 is 23.3 Å². The molecule has 0 aliphatic carbocycles. The number of nitro groups is 1. The lowest BCUT2D eigenvalue weighted by molar-refractivity contribution is -0.384. The molecule has 0 aliphatic heterocycles. The Hall–Kier alpha value is -4.01. The van der Waals surface area contributed by atoms with Gasteiger partial charge < -0.3 is 9.15 Å². The summed E-state index contributed by atoms with van der Waals surface area (Å²) in [5.41, 5.74) is 2.95. The van der Waals surface area contributed by atoms with Crippen LogP contribution >= 0.6 is 0 Å². The number of rotatable bonds is 7. The number of halogens is 1. The zero-order chi connectivity index (χ0) is 19.9. The van der Waals surface area contributed by atoms with Gasteiger partial charge in [-0.05, 0) is 29.8 Å². The lowest BCUT2D eigenvalue weighted by atomic mass is 10.2. The number of nitrogens with one attached hydrogen (secondary N) is 1. The van der Waals surface area contributed by atoms with Gasteiger partial charge in [-0.1, -0.05) is 18.2 Å². The monoisotopic (exact) mass is 383 g/mol. The number of benzene rings is 2. The number of carbonyl (C=O) groups is 1. The van der Waals surface area contributed by atoms with Crippen molar-refractivity contribution in [1.82, 2.24) is 5.43 Å². The second-order valence-corrected chi connectivity index (χ2v) is 5.58. The van der Waals surface area contributed by atoms with Crippen LogP contribution in [-0.4, -0.2) is 17.0 Å². The summed E-state index contributed by atoms with van der Waals surface area (Å²) >= 11 is 0. The topological polar surface area (TPSA) is 107 Å². The van der Waals surface area contributed by atoms with Crippen LogP contribution in [0.2, 0.25) is 0 Å². The molecule has 0 radical (unpaired) electrons. The number of nitro benzene ring substituents is 1. The predicted molar refractivity (Wildman–Crippen MR) is 97.6 cm³/mol. The van der Waals surface area contributed by atoms with E-state index in [0.29, 0.717) is 5.76 Å². The summed E-state index contributed by atoms with van der Waals surface area (Å²) in [6, 6.07) is 14.3. The van der Waals surface area contributed by atoms with Gasteiger partial charge in [-0.3, -0.25) is 14.9 Å². The summed E-state index contributed by atoms with van der Waals surface area (Å²) in [4.78, 5) is 22.1. The van der Waals surface area contributed by atoms with Gasteiger partial charge in [0.15, 0.2) is 5.76 Å². The van der Waals surface area contributed by atoms with E-state index in [1.165, 1.54) is 36.5 Å². The van der Waals surface area contributed by atoms with Gasteiger partial charge in [-0.15, -0.1) is 0 Å². The van der Waals surface area contributed by atoms with E-state index in [-0.39, 0.29) is 29.6 Å². The Morgan fingerprint density at radius 2 is 2.00 bits per heavy atom. The Morgan fingerprint density at radius 1 is 1.21 bits per heavy atom. The maximum absolute atomic E-state index is 12.9. The molecule has 1 heterocycles. The molecule has 1 aromatic heterocycles. The maximum atomic E-state index is 12.9. The predicted octanol–water partition coefficient (Wildman–Crippen LogP) is 3.67. The van der Waals surface area contributed by atoms with Crippen molar-refractivity contribution in [3.63, 3.8) is 0 Å². The third kappa shape index (κ3) is 5.01. The number of hydrazone groups is 1. The van der Waals surface area contributed by atoms with E-state index in [4.69, 9.17) is 9.15 Å². The molecule has 2 aromatic carbocycles. The lowest BCUT2D eigenvalue weighted by Crippen LogP contribution is -2.17. The van der Waals surface area contributed by atoms with Crippen molar-refractivity contribution in [3.8, 4) is 5.95 Å². The van der Waals surface area contributed by atoms with Crippen molar-refractivity contribution in [3.05, 3.63) is 93.5 Å². The highest BCUT2D eigenvalue weighted by Gasteiger charge is 2.10. The zero-order valence-electron chi connectivity index (χ0n) is 14.4. The third-order valence-electron chi connectivity index (χ3n) is 3.57. The molecule has 0 saturated carbocycles. The Kier molecular flexibility index (Phi) is 5.75. The van der Waals surface area contributed by atoms with Gasteiger partial charge in [-0.25, -0.2) is 9.82 Å². The van der Waals surface area contributed by atoms with Gasteiger partial charge >= 0.3 is 0 Å². The SMILES string of the molecule is O=C(N/N=C\c1ccc(OCc2ccc(F)cc2)o1)c1cccc([N+](=O)[O-])c1. The number of carbonyl (C=O) groups excluding carboxylic acids is 1. The van der Waals surface area contributed by atoms with Gasteiger partial charge in [0, 0.05) is 23.8 Å². The average Bonchev–Trinajstić information content (AvgIpc) is 3.15. The molecule has 0 atom stereocenters. The van der Waals surface area contributed by atoms with Crippen LogP contribution < -0.4 is 10.2 Å². The number of hydrogen-bond donors (Lipinski definition) is 1.